The first kappa shape index (κ1) is 12.1. The van der Waals surface area contributed by atoms with Gasteiger partial charge in [-0.25, -0.2) is 4.79 Å². The minimum Gasteiger partial charge on any atom is -0.505 e. The lowest BCUT2D eigenvalue weighted by Gasteiger charge is -2.08. The smallest absolute Gasteiger partial charge is 0.339 e. The van der Waals surface area contributed by atoms with Gasteiger partial charge in [0.05, 0.1) is 11.9 Å². The molecule has 1 aromatic heterocycles. The van der Waals surface area contributed by atoms with Crippen LogP contribution < -0.4 is 0 Å². The summed E-state index contributed by atoms with van der Waals surface area (Å²) in [7, 11) is 0. The molecule has 92 valence electrons. The number of hydrogen-bond acceptors (Lipinski definition) is 3. The summed E-state index contributed by atoms with van der Waals surface area (Å²) in [6, 6.07) is 7.23. The predicted octanol–water partition coefficient (Wildman–Crippen LogP) is 2.77. The monoisotopic (exact) mass is 243 g/mol. The van der Waals surface area contributed by atoms with Crippen molar-refractivity contribution < 1.29 is 15.0 Å². The molecule has 0 bridgehead atoms. The third-order valence-corrected chi connectivity index (χ3v) is 2.77. The molecule has 4 nitrogen and oxygen atoms in total. The molecular formula is C14H13NO3. The molecule has 0 aliphatic heterocycles. The first-order chi connectivity index (χ1) is 8.49. The topological polar surface area (TPSA) is 70.4 Å². The lowest BCUT2D eigenvalue weighted by Crippen LogP contribution is -1.99. The fraction of sp³-hybridized carbons (Fsp3) is 0.143. The van der Waals surface area contributed by atoms with Crippen LogP contribution >= 0.6 is 0 Å². The Morgan fingerprint density at radius 2 is 1.94 bits per heavy atom. The van der Waals surface area contributed by atoms with E-state index in [-0.39, 0.29) is 11.3 Å². The zero-order chi connectivity index (χ0) is 13.3. The summed E-state index contributed by atoms with van der Waals surface area (Å²) in [5.41, 5.74) is 3.42. The second-order valence-corrected chi connectivity index (χ2v) is 4.21. The zero-order valence-corrected chi connectivity index (χ0v) is 10.1. The molecule has 0 aliphatic carbocycles. The van der Waals surface area contributed by atoms with Gasteiger partial charge in [0.2, 0.25) is 0 Å². The average Bonchev–Trinajstić information content (AvgIpc) is 2.30. The number of pyridine rings is 1. The normalized spacial score (nSPS) is 10.3. The predicted molar refractivity (Wildman–Crippen MR) is 67.8 cm³/mol. The Morgan fingerprint density at radius 3 is 2.56 bits per heavy atom. The zero-order valence-electron chi connectivity index (χ0n) is 10.1. The van der Waals surface area contributed by atoms with Crippen molar-refractivity contribution in [1.82, 2.24) is 4.98 Å². The molecule has 4 heteroatoms. The van der Waals surface area contributed by atoms with Crippen molar-refractivity contribution in [2.75, 3.05) is 0 Å². The van der Waals surface area contributed by atoms with Gasteiger partial charge < -0.3 is 10.2 Å². The summed E-state index contributed by atoms with van der Waals surface area (Å²) in [5.74, 6) is -1.49. The molecule has 2 aromatic rings. The number of carboxylic acids is 1. The van der Waals surface area contributed by atoms with E-state index in [1.807, 2.05) is 32.0 Å². The number of aryl methyl sites for hydroxylation is 2. The first-order valence-electron chi connectivity index (χ1n) is 5.49. The number of nitrogens with zero attached hydrogens (tertiary/aromatic N) is 1. The molecule has 0 saturated carbocycles. The fourth-order valence-electron chi connectivity index (χ4n) is 1.87. The van der Waals surface area contributed by atoms with Gasteiger partial charge in [0.25, 0.3) is 0 Å². The molecule has 0 spiro atoms. The van der Waals surface area contributed by atoms with E-state index in [1.165, 1.54) is 6.07 Å². The average molecular weight is 243 g/mol. The van der Waals surface area contributed by atoms with E-state index >= 15 is 0 Å². The Hall–Kier alpha value is -2.36. The molecule has 0 amide bonds. The number of rotatable bonds is 2. The van der Waals surface area contributed by atoms with Gasteiger partial charge in [-0.3, -0.25) is 4.98 Å². The summed E-state index contributed by atoms with van der Waals surface area (Å²) in [4.78, 5) is 15.0. The molecule has 1 aromatic carbocycles. The Kier molecular flexibility index (Phi) is 3.02. The van der Waals surface area contributed by atoms with Crippen LogP contribution in [0.1, 0.15) is 21.5 Å². The summed E-state index contributed by atoms with van der Waals surface area (Å²) in [6.07, 6.45) is 1.16. The third-order valence-electron chi connectivity index (χ3n) is 2.77. The van der Waals surface area contributed by atoms with Crippen LogP contribution in [0.15, 0.2) is 30.5 Å². The molecular weight excluding hydrogens is 230 g/mol. The standard InChI is InChI=1S/C14H13NO3/c1-8-3-4-10(9(2)5-8)12-6-11(14(17)18)13(16)7-15-12/h3-7,16H,1-2H3,(H,17,18). The van der Waals surface area contributed by atoms with Gasteiger partial charge in [0, 0.05) is 5.56 Å². The largest absolute Gasteiger partial charge is 0.505 e. The molecule has 1 heterocycles. The highest BCUT2D eigenvalue weighted by atomic mass is 16.4. The van der Waals surface area contributed by atoms with Gasteiger partial charge in [-0.1, -0.05) is 23.8 Å². The number of benzene rings is 1. The lowest BCUT2D eigenvalue weighted by molar-refractivity contribution is 0.0693. The van der Waals surface area contributed by atoms with Crippen molar-refractivity contribution in [3.05, 3.63) is 47.2 Å². The lowest BCUT2D eigenvalue weighted by atomic mass is 10.0. The molecule has 0 unspecified atom stereocenters. The number of aromatic carboxylic acids is 1. The van der Waals surface area contributed by atoms with Gasteiger partial charge in [0.1, 0.15) is 11.3 Å². The highest BCUT2D eigenvalue weighted by Gasteiger charge is 2.13. The molecule has 2 N–H and O–H groups in total. The minimum absolute atomic E-state index is 0.139. The highest BCUT2D eigenvalue weighted by Crippen LogP contribution is 2.26. The van der Waals surface area contributed by atoms with E-state index in [4.69, 9.17) is 5.11 Å². The second kappa shape index (κ2) is 4.49. The van der Waals surface area contributed by atoms with Gasteiger partial charge in [-0.2, -0.15) is 0 Å². The fourth-order valence-corrected chi connectivity index (χ4v) is 1.87. The Bertz CT molecular complexity index is 620. The number of carboxylic acid groups (broad SMARTS) is 1. The molecule has 2 rings (SSSR count). The van der Waals surface area contributed by atoms with Gasteiger partial charge in [-0.15, -0.1) is 0 Å². The van der Waals surface area contributed by atoms with E-state index in [0.29, 0.717) is 5.69 Å². The van der Waals surface area contributed by atoms with Crippen LogP contribution in [0.3, 0.4) is 0 Å². The van der Waals surface area contributed by atoms with Gasteiger partial charge in [-0.05, 0) is 25.5 Å². The maximum absolute atomic E-state index is 11.0. The third kappa shape index (κ3) is 2.18. The van der Waals surface area contributed by atoms with Crippen molar-refractivity contribution in [3.63, 3.8) is 0 Å². The van der Waals surface area contributed by atoms with Crippen LogP contribution in [-0.2, 0) is 0 Å². The van der Waals surface area contributed by atoms with E-state index in [9.17, 15) is 9.90 Å². The molecule has 0 atom stereocenters. The van der Waals surface area contributed by atoms with Crippen molar-refractivity contribution in [1.29, 1.82) is 0 Å². The van der Waals surface area contributed by atoms with Crippen LogP contribution in [-0.4, -0.2) is 21.2 Å². The van der Waals surface area contributed by atoms with Crippen LogP contribution in [0.2, 0.25) is 0 Å². The van der Waals surface area contributed by atoms with E-state index in [0.717, 1.165) is 22.9 Å². The molecule has 0 radical (unpaired) electrons. The minimum atomic E-state index is -1.17. The van der Waals surface area contributed by atoms with E-state index < -0.39 is 5.97 Å². The van der Waals surface area contributed by atoms with Crippen LogP contribution in [0.5, 0.6) is 5.75 Å². The molecule has 0 aliphatic rings. The quantitative estimate of drug-likeness (QED) is 0.850. The SMILES string of the molecule is Cc1ccc(-c2cc(C(=O)O)c(O)cn2)c(C)c1. The Morgan fingerprint density at radius 1 is 1.22 bits per heavy atom. The summed E-state index contributed by atoms with van der Waals surface area (Å²) < 4.78 is 0. The van der Waals surface area contributed by atoms with Gasteiger partial charge in [0.15, 0.2) is 0 Å². The molecule has 0 saturated heterocycles. The van der Waals surface area contributed by atoms with Crippen LogP contribution in [0, 0.1) is 13.8 Å². The Labute approximate surface area is 105 Å². The number of aromatic nitrogens is 1. The van der Waals surface area contributed by atoms with Crippen LogP contribution in [0.4, 0.5) is 0 Å². The summed E-state index contributed by atoms with van der Waals surface area (Å²) in [6.45, 7) is 3.93. The highest BCUT2D eigenvalue weighted by molar-refractivity contribution is 5.92. The van der Waals surface area contributed by atoms with Crippen LogP contribution in [0.25, 0.3) is 11.3 Å². The van der Waals surface area contributed by atoms with Gasteiger partial charge >= 0.3 is 5.97 Å². The molecule has 0 fully saturated rings. The number of carbonyl (C=O) groups is 1. The van der Waals surface area contributed by atoms with Crippen molar-refractivity contribution >= 4 is 5.97 Å². The van der Waals surface area contributed by atoms with Crippen molar-refractivity contribution in [2.24, 2.45) is 0 Å². The maximum atomic E-state index is 11.0. The summed E-state index contributed by atoms with van der Waals surface area (Å²) in [5, 5.41) is 18.4. The Balaban J connectivity index is 2.58. The summed E-state index contributed by atoms with van der Waals surface area (Å²) >= 11 is 0. The second-order valence-electron chi connectivity index (χ2n) is 4.21. The van der Waals surface area contributed by atoms with E-state index in [1.54, 1.807) is 0 Å². The maximum Gasteiger partial charge on any atom is 0.339 e. The number of hydrogen-bond donors (Lipinski definition) is 2. The first-order valence-corrected chi connectivity index (χ1v) is 5.49. The van der Waals surface area contributed by atoms with E-state index in [2.05, 4.69) is 4.98 Å². The molecule has 18 heavy (non-hydrogen) atoms. The van der Waals surface area contributed by atoms with Crippen molar-refractivity contribution in [2.45, 2.75) is 13.8 Å². The number of aromatic hydroxyl groups is 1. The van der Waals surface area contributed by atoms with Crippen molar-refractivity contribution in [3.8, 4) is 17.0 Å².